The van der Waals surface area contributed by atoms with Gasteiger partial charge >= 0.3 is 0 Å². The number of hydrogen-bond donors (Lipinski definition) is 2. The van der Waals surface area contributed by atoms with E-state index in [1.807, 2.05) is 0 Å². The molecule has 1 fully saturated rings. The predicted octanol–water partition coefficient (Wildman–Crippen LogP) is 5.75. The van der Waals surface area contributed by atoms with E-state index in [0.29, 0.717) is 23.3 Å². The lowest BCUT2D eigenvalue weighted by atomic mass is 9.86. The van der Waals surface area contributed by atoms with E-state index in [-0.39, 0.29) is 16.8 Å². The van der Waals surface area contributed by atoms with Gasteiger partial charge in [-0.25, -0.2) is 4.98 Å². The average Bonchev–Trinajstić information content (AvgIpc) is 2.82. The number of methoxy groups -OCH3 is 1. The van der Waals surface area contributed by atoms with Crippen molar-refractivity contribution in [2.45, 2.75) is 32.6 Å². The van der Waals surface area contributed by atoms with Gasteiger partial charge in [0.15, 0.2) is 0 Å². The Balaban J connectivity index is 1.55. The highest BCUT2D eigenvalue weighted by atomic mass is 35.5. The van der Waals surface area contributed by atoms with Crippen LogP contribution in [0.4, 0.5) is 17.3 Å². The van der Waals surface area contributed by atoms with Gasteiger partial charge < -0.3 is 25.0 Å². The van der Waals surface area contributed by atoms with Crippen LogP contribution in [0.2, 0.25) is 5.02 Å². The van der Waals surface area contributed by atoms with Gasteiger partial charge in [-0.2, -0.15) is 4.98 Å². The number of amides is 1. The second-order valence-electron chi connectivity index (χ2n) is 8.77. The third-order valence-corrected chi connectivity index (χ3v) is 6.33. The lowest BCUT2D eigenvalue weighted by Crippen LogP contribution is -2.29. The maximum Gasteiger partial charge on any atom is 0.243 e. The fraction of sp³-hybridized carbons (Fsp3) is 0.346. The first-order valence-electron chi connectivity index (χ1n) is 11.5. The molecule has 1 aliphatic heterocycles. The molecule has 0 radical (unpaired) electrons. The standard InChI is InChI=1S/C26H30ClN5O3/c1-16-12-23(24(34-4)14-21(16)18-8-10-32(3)11-9-18)30-26-28-15-22(27)25(31-26)35-20-7-5-6-19(13-20)29-17(2)33/h5-7,12-15,18H,8-11H2,1-4H3,(H,29,33)(H,28,30,31). The fourth-order valence-corrected chi connectivity index (χ4v) is 4.42. The first-order chi connectivity index (χ1) is 16.8. The Morgan fingerprint density at radius 3 is 2.69 bits per heavy atom. The van der Waals surface area contributed by atoms with Gasteiger partial charge in [0.2, 0.25) is 17.7 Å². The quantitative estimate of drug-likeness (QED) is 0.431. The van der Waals surface area contributed by atoms with Crippen molar-refractivity contribution in [2.24, 2.45) is 0 Å². The second kappa shape index (κ2) is 10.9. The van der Waals surface area contributed by atoms with Gasteiger partial charge in [-0.15, -0.1) is 0 Å². The number of rotatable bonds is 7. The molecule has 0 atom stereocenters. The zero-order valence-electron chi connectivity index (χ0n) is 20.4. The maximum absolute atomic E-state index is 11.3. The van der Waals surface area contributed by atoms with Crippen molar-refractivity contribution in [2.75, 3.05) is 37.9 Å². The van der Waals surface area contributed by atoms with E-state index in [0.717, 1.165) is 37.4 Å². The number of benzene rings is 2. The number of aromatic nitrogens is 2. The first kappa shape index (κ1) is 24.8. The molecule has 35 heavy (non-hydrogen) atoms. The number of anilines is 3. The van der Waals surface area contributed by atoms with Crippen LogP contribution in [0.1, 0.15) is 36.8 Å². The Morgan fingerprint density at radius 1 is 1.20 bits per heavy atom. The van der Waals surface area contributed by atoms with Gasteiger partial charge in [-0.1, -0.05) is 17.7 Å². The summed E-state index contributed by atoms with van der Waals surface area (Å²) in [7, 11) is 3.83. The van der Waals surface area contributed by atoms with E-state index in [1.54, 1.807) is 31.4 Å². The van der Waals surface area contributed by atoms with Crippen molar-refractivity contribution < 1.29 is 14.3 Å². The third kappa shape index (κ3) is 6.21. The van der Waals surface area contributed by atoms with Gasteiger partial charge in [0, 0.05) is 18.7 Å². The van der Waals surface area contributed by atoms with Crippen molar-refractivity contribution in [1.29, 1.82) is 0 Å². The summed E-state index contributed by atoms with van der Waals surface area (Å²) >= 11 is 6.30. The Labute approximate surface area is 210 Å². The maximum atomic E-state index is 11.3. The van der Waals surface area contributed by atoms with Crippen LogP contribution in [0.3, 0.4) is 0 Å². The Morgan fingerprint density at radius 2 is 1.97 bits per heavy atom. The number of halogens is 1. The molecular weight excluding hydrogens is 466 g/mol. The summed E-state index contributed by atoms with van der Waals surface area (Å²) in [4.78, 5) is 22.5. The average molecular weight is 496 g/mol. The molecule has 1 aliphatic rings. The minimum Gasteiger partial charge on any atom is -0.495 e. The molecule has 0 unspecified atom stereocenters. The van der Waals surface area contributed by atoms with Gasteiger partial charge in [0.05, 0.1) is 19.0 Å². The molecule has 0 spiro atoms. The van der Waals surface area contributed by atoms with E-state index >= 15 is 0 Å². The zero-order chi connectivity index (χ0) is 24.9. The molecule has 0 aliphatic carbocycles. The largest absolute Gasteiger partial charge is 0.495 e. The molecule has 1 aromatic heterocycles. The number of nitrogens with zero attached hydrogens (tertiary/aromatic N) is 3. The minimum absolute atomic E-state index is 0.167. The Bertz CT molecular complexity index is 1210. The van der Waals surface area contributed by atoms with E-state index in [2.05, 4.69) is 51.6 Å². The molecule has 1 saturated heterocycles. The highest BCUT2D eigenvalue weighted by molar-refractivity contribution is 6.31. The van der Waals surface area contributed by atoms with Crippen molar-refractivity contribution >= 4 is 34.8 Å². The van der Waals surface area contributed by atoms with Gasteiger partial charge in [-0.05, 0) is 81.2 Å². The molecule has 2 N–H and O–H groups in total. The lowest BCUT2D eigenvalue weighted by molar-refractivity contribution is -0.114. The van der Waals surface area contributed by atoms with E-state index in [9.17, 15) is 4.79 Å². The summed E-state index contributed by atoms with van der Waals surface area (Å²) in [5.74, 6) is 2.09. The highest BCUT2D eigenvalue weighted by Gasteiger charge is 2.22. The van der Waals surface area contributed by atoms with Crippen molar-refractivity contribution in [1.82, 2.24) is 14.9 Å². The van der Waals surface area contributed by atoms with Crippen LogP contribution in [0.5, 0.6) is 17.4 Å². The Hall–Kier alpha value is -3.36. The lowest BCUT2D eigenvalue weighted by Gasteiger charge is -2.30. The molecule has 9 heteroatoms. The van der Waals surface area contributed by atoms with Crippen LogP contribution in [0.25, 0.3) is 0 Å². The van der Waals surface area contributed by atoms with Crippen molar-refractivity contribution in [3.05, 3.63) is 58.7 Å². The monoisotopic (exact) mass is 495 g/mol. The highest BCUT2D eigenvalue weighted by Crippen LogP contribution is 2.37. The topological polar surface area (TPSA) is 88.6 Å². The van der Waals surface area contributed by atoms with Crippen molar-refractivity contribution in [3.8, 4) is 17.4 Å². The number of ether oxygens (including phenoxy) is 2. The summed E-state index contributed by atoms with van der Waals surface area (Å²) in [5.41, 5.74) is 3.90. The molecule has 184 valence electrons. The molecule has 0 bridgehead atoms. The third-order valence-electron chi connectivity index (χ3n) is 6.07. The molecule has 3 aromatic rings. The second-order valence-corrected chi connectivity index (χ2v) is 9.18. The van der Waals surface area contributed by atoms with Crippen LogP contribution in [-0.2, 0) is 4.79 Å². The summed E-state index contributed by atoms with van der Waals surface area (Å²) in [6.07, 6.45) is 3.75. The number of carbonyl (C=O) groups excluding carboxylic acids is 1. The predicted molar refractivity (Wildman–Crippen MR) is 138 cm³/mol. The molecule has 8 nitrogen and oxygen atoms in total. The number of piperidine rings is 1. The zero-order valence-corrected chi connectivity index (χ0v) is 21.1. The number of aryl methyl sites for hydroxylation is 1. The molecule has 0 saturated carbocycles. The van der Waals surface area contributed by atoms with E-state index in [4.69, 9.17) is 21.1 Å². The number of hydrogen-bond acceptors (Lipinski definition) is 7. The minimum atomic E-state index is -0.167. The molecular formula is C26H30ClN5O3. The van der Waals surface area contributed by atoms with Crippen LogP contribution in [0.15, 0.2) is 42.6 Å². The molecule has 2 aromatic carbocycles. The van der Waals surface area contributed by atoms with Gasteiger partial charge in [0.1, 0.15) is 16.5 Å². The summed E-state index contributed by atoms with van der Waals surface area (Å²) in [6, 6.07) is 11.2. The first-order valence-corrected chi connectivity index (χ1v) is 11.9. The normalized spacial score (nSPS) is 14.4. The number of carbonyl (C=O) groups is 1. The van der Waals surface area contributed by atoms with Crippen molar-refractivity contribution in [3.63, 3.8) is 0 Å². The molecule has 4 rings (SSSR count). The fourth-order valence-electron chi connectivity index (χ4n) is 4.29. The van der Waals surface area contributed by atoms with E-state index < -0.39 is 0 Å². The molecule has 1 amide bonds. The number of nitrogens with one attached hydrogen (secondary N) is 2. The van der Waals surface area contributed by atoms with Gasteiger partial charge in [-0.3, -0.25) is 4.79 Å². The molecule has 2 heterocycles. The van der Waals surface area contributed by atoms with Crippen LogP contribution in [0, 0.1) is 6.92 Å². The Kier molecular flexibility index (Phi) is 7.73. The smallest absolute Gasteiger partial charge is 0.243 e. The van der Waals surface area contributed by atoms with Crippen LogP contribution >= 0.6 is 11.6 Å². The van der Waals surface area contributed by atoms with Gasteiger partial charge in [0.25, 0.3) is 0 Å². The van der Waals surface area contributed by atoms with Crippen LogP contribution in [-0.4, -0.2) is 48.0 Å². The summed E-state index contributed by atoms with van der Waals surface area (Å²) in [6.45, 7) is 5.77. The summed E-state index contributed by atoms with van der Waals surface area (Å²) in [5, 5.41) is 6.23. The van der Waals surface area contributed by atoms with Crippen LogP contribution < -0.4 is 20.1 Å². The van der Waals surface area contributed by atoms with E-state index in [1.165, 1.54) is 24.2 Å². The SMILES string of the molecule is COc1cc(C2CCN(C)CC2)c(C)cc1Nc1ncc(Cl)c(Oc2cccc(NC(C)=O)c2)n1. The number of likely N-dealkylation sites (tertiary alicyclic amines) is 1. The summed E-state index contributed by atoms with van der Waals surface area (Å²) < 4.78 is 11.6.